The Balaban J connectivity index is 2.24. The normalized spacial score (nSPS) is 13.8. The Morgan fingerprint density at radius 1 is 1.53 bits per heavy atom. The van der Waals surface area contributed by atoms with Gasteiger partial charge in [0.25, 0.3) is 0 Å². The first-order valence-electron chi connectivity index (χ1n) is 5.00. The van der Waals surface area contributed by atoms with Crippen LogP contribution in [-0.4, -0.2) is 12.9 Å². The van der Waals surface area contributed by atoms with Crippen LogP contribution in [0.2, 0.25) is 0 Å². The lowest BCUT2D eigenvalue weighted by Gasteiger charge is -2.14. The molecule has 0 saturated carbocycles. The smallest absolute Gasteiger partial charge is 0.405 e. The molecule has 1 atom stereocenters. The van der Waals surface area contributed by atoms with Gasteiger partial charge in [0.15, 0.2) is 11.5 Å². The first kappa shape index (κ1) is 11.1. The molecule has 5 nitrogen and oxygen atoms in total. The SMILES string of the molecule is C#CCC(OC(N)=O)c1ccc2c(c1)OCO2. The average Bonchev–Trinajstić information content (AvgIpc) is 2.74. The highest BCUT2D eigenvalue weighted by molar-refractivity contribution is 5.65. The summed E-state index contributed by atoms with van der Waals surface area (Å²) in [4.78, 5) is 10.8. The summed E-state index contributed by atoms with van der Waals surface area (Å²) in [6.45, 7) is 0.190. The fourth-order valence-corrected chi connectivity index (χ4v) is 1.59. The Kier molecular flexibility index (Phi) is 3.06. The van der Waals surface area contributed by atoms with E-state index in [1.165, 1.54) is 0 Å². The van der Waals surface area contributed by atoms with Crippen molar-refractivity contribution in [1.29, 1.82) is 0 Å². The van der Waals surface area contributed by atoms with E-state index in [2.05, 4.69) is 5.92 Å². The average molecular weight is 233 g/mol. The van der Waals surface area contributed by atoms with Crippen molar-refractivity contribution in [2.24, 2.45) is 5.73 Å². The van der Waals surface area contributed by atoms with Gasteiger partial charge in [0.2, 0.25) is 6.79 Å². The molecular weight excluding hydrogens is 222 g/mol. The molecule has 17 heavy (non-hydrogen) atoms. The van der Waals surface area contributed by atoms with Gasteiger partial charge in [-0.15, -0.1) is 12.3 Å². The molecule has 1 aliphatic heterocycles. The van der Waals surface area contributed by atoms with E-state index in [1.54, 1.807) is 18.2 Å². The molecule has 1 amide bonds. The van der Waals surface area contributed by atoms with E-state index in [0.29, 0.717) is 11.5 Å². The number of hydrogen-bond acceptors (Lipinski definition) is 4. The van der Waals surface area contributed by atoms with Gasteiger partial charge >= 0.3 is 6.09 Å². The minimum absolute atomic E-state index is 0.190. The third kappa shape index (κ3) is 2.42. The topological polar surface area (TPSA) is 70.8 Å². The third-order valence-electron chi connectivity index (χ3n) is 2.33. The zero-order valence-corrected chi connectivity index (χ0v) is 9.01. The number of primary amides is 1. The summed E-state index contributed by atoms with van der Waals surface area (Å²) in [5, 5.41) is 0. The highest BCUT2D eigenvalue weighted by atomic mass is 16.7. The second-order valence-corrected chi connectivity index (χ2v) is 3.45. The zero-order valence-electron chi connectivity index (χ0n) is 9.01. The second kappa shape index (κ2) is 4.66. The van der Waals surface area contributed by atoms with Crippen molar-refractivity contribution in [3.8, 4) is 23.8 Å². The number of benzene rings is 1. The number of carbonyl (C=O) groups excluding carboxylic acids is 1. The fraction of sp³-hybridized carbons (Fsp3) is 0.250. The van der Waals surface area contributed by atoms with Crippen LogP contribution in [-0.2, 0) is 4.74 Å². The standard InChI is InChI=1S/C12H11NO4/c1-2-3-9(17-12(13)14)8-4-5-10-11(6-8)16-7-15-10/h1,4-6,9H,3,7H2,(H2,13,14). The van der Waals surface area contributed by atoms with Crippen LogP contribution in [0.3, 0.4) is 0 Å². The Bertz CT molecular complexity index is 478. The van der Waals surface area contributed by atoms with Gasteiger partial charge in [0.05, 0.1) is 6.42 Å². The van der Waals surface area contributed by atoms with Gasteiger partial charge in [0, 0.05) is 0 Å². The van der Waals surface area contributed by atoms with Crippen LogP contribution in [0, 0.1) is 12.3 Å². The predicted molar refractivity (Wildman–Crippen MR) is 59.4 cm³/mol. The van der Waals surface area contributed by atoms with Crippen LogP contribution in [0.5, 0.6) is 11.5 Å². The number of ether oxygens (including phenoxy) is 3. The van der Waals surface area contributed by atoms with Gasteiger partial charge < -0.3 is 19.9 Å². The molecule has 2 rings (SSSR count). The fourth-order valence-electron chi connectivity index (χ4n) is 1.59. The van der Waals surface area contributed by atoms with E-state index in [4.69, 9.17) is 26.4 Å². The quantitative estimate of drug-likeness (QED) is 0.804. The number of carbonyl (C=O) groups is 1. The van der Waals surface area contributed by atoms with Crippen LogP contribution in [0.4, 0.5) is 4.79 Å². The summed E-state index contributed by atoms with van der Waals surface area (Å²) >= 11 is 0. The van der Waals surface area contributed by atoms with E-state index in [1.807, 2.05) is 0 Å². The Labute approximate surface area is 98.5 Å². The van der Waals surface area contributed by atoms with Gasteiger partial charge in [-0.05, 0) is 17.7 Å². The van der Waals surface area contributed by atoms with E-state index in [9.17, 15) is 4.79 Å². The molecule has 88 valence electrons. The van der Waals surface area contributed by atoms with E-state index >= 15 is 0 Å². The molecule has 1 heterocycles. The number of terminal acetylenes is 1. The minimum atomic E-state index is -0.858. The van der Waals surface area contributed by atoms with Crippen molar-refractivity contribution in [1.82, 2.24) is 0 Å². The molecule has 1 aromatic rings. The van der Waals surface area contributed by atoms with E-state index in [-0.39, 0.29) is 13.2 Å². The largest absolute Gasteiger partial charge is 0.454 e. The lowest BCUT2D eigenvalue weighted by Crippen LogP contribution is -2.17. The minimum Gasteiger partial charge on any atom is -0.454 e. The third-order valence-corrected chi connectivity index (χ3v) is 2.33. The van der Waals surface area contributed by atoms with Gasteiger partial charge in [-0.25, -0.2) is 4.79 Å². The van der Waals surface area contributed by atoms with Gasteiger partial charge in [-0.1, -0.05) is 6.07 Å². The van der Waals surface area contributed by atoms with Crippen LogP contribution in [0.1, 0.15) is 18.1 Å². The maximum atomic E-state index is 10.8. The first-order chi connectivity index (χ1) is 8.20. The monoisotopic (exact) mass is 233 g/mol. The predicted octanol–water partition coefficient (Wildman–Crippen LogP) is 1.57. The molecule has 5 heteroatoms. The van der Waals surface area contributed by atoms with E-state index in [0.717, 1.165) is 5.56 Å². The Morgan fingerprint density at radius 2 is 2.29 bits per heavy atom. The molecule has 0 bridgehead atoms. The highest BCUT2D eigenvalue weighted by Gasteiger charge is 2.19. The summed E-state index contributed by atoms with van der Waals surface area (Å²) in [6, 6.07) is 5.23. The molecule has 0 fully saturated rings. The highest BCUT2D eigenvalue weighted by Crippen LogP contribution is 2.35. The lowest BCUT2D eigenvalue weighted by molar-refractivity contribution is 0.109. The van der Waals surface area contributed by atoms with Crippen molar-refractivity contribution in [3.05, 3.63) is 23.8 Å². The van der Waals surface area contributed by atoms with Crippen LogP contribution in [0.15, 0.2) is 18.2 Å². The van der Waals surface area contributed by atoms with Gasteiger partial charge in [0.1, 0.15) is 6.10 Å². The Morgan fingerprint density at radius 3 is 3.00 bits per heavy atom. The molecule has 1 aliphatic rings. The molecule has 0 aliphatic carbocycles. The molecule has 2 N–H and O–H groups in total. The van der Waals surface area contributed by atoms with Crippen LogP contribution < -0.4 is 15.2 Å². The molecule has 0 saturated heterocycles. The molecule has 0 radical (unpaired) electrons. The second-order valence-electron chi connectivity index (χ2n) is 3.45. The molecular formula is C12H11NO4. The number of rotatable bonds is 3. The molecule has 1 unspecified atom stereocenters. The maximum absolute atomic E-state index is 10.8. The van der Waals surface area contributed by atoms with Crippen molar-refractivity contribution in [2.75, 3.05) is 6.79 Å². The Hall–Kier alpha value is -2.35. The zero-order chi connectivity index (χ0) is 12.3. The van der Waals surface area contributed by atoms with Crippen molar-refractivity contribution in [2.45, 2.75) is 12.5 Å². The number of hydrogen-bond donors (Lipinski definition) is 1. The number of fused-ring (bicyclic) bond motifs is 1. The summed E-state index contributed by atoms with van der Waals surface area (Å²) in [5.74, 6) is 3.70. The number of amides is 1. The summed E-state index contributed by atoms with van der Waals surface area (Å²) in [6.07, 6.45) is 4.05. The van der Waals surface area contributed by atoms with Crippen molar-refractivity contribution < 1.29 is 19.0 Å². The summed E-state index contributed by atoms with van der Waals surface area (Å²) in [5.41, 5.74) is 5.72. The van der Waals surface area contributed by atoms with Gasteiger partial charge in [-0.2, -0.15) is 0 Å². The summed E-state index contributed by atoms with van der Waals surface area (Å²) in [7, 11) is 0. The van der Waals surface area contributed by atoms with Gasteiger partial charge in [-0.3, -0.25) is 0 Å². The number of nitrogens with two attached hydrogens (primary N) is 1. The molecule has 1 aromatic carbocycles. The first-order valence-corrected chi connectivity index (χ1v) is 5.00. The van der Waals surface area contributed by atoms with Crippen molar-refractivity contribution >= 4 is 6.09 Å². The summed E-state index contributed by atoms with van der Waals surface area (Å²) < 4.78 is 15.3. The molecule has 0 aromatic heterocycles. The maximum Gasteiger partial charge on any atom is 0.405 e. The van der Waals surface area contributed by atoms with Crippen molar-refractivity contribution in [3.63, 3.8) is 0 Å². The molecule has 0 spiro atoms. The van der Waals surface area contributed by atoms with Crippen LogP contribution >= 0.6 is 0 Å². The van der Waals surface area contributed by atoms with E-state index < -0.39 is 12.2 Å². The lowest BCUT2D eigenvalue weighted by atomic mass is 10.1. The van der Waals surface area contributed by atoms with Crippen LogP contribution in [0.25, 0.3) is 0 Å².